The molecule has 0 bridgehead atoms. The maximum absolute atomic E-state index is 11.8. The van der Waals surface area contributed by atoms with E-state index in [0.29, 0.717) is 19.4 Å². The molecule has 0 saturated heterocycles. The van der Waals surface area contributed by atoms with Crippen molar-refractivity contribution in [3.8, 4) is 44.5 Å². The molecule has 12 rings (SSSR count). The van der Waals surface area contributed by atoms with Crippen molar-refractivity contribution < 1.29 is 47.1 Å². The molecule has 102 heavy (non-hydrogen) atoms. The van der Waals surface area contributed by atoms with Gasteiger partial charge in [0.2, 0.25) is 5.69 Å². The smallest absolute Gasteiger partial charge is 0.748 e. The van der Waals surface area contributed by atoms with Gasteiger partial charge in [-0.05, 0) is 266 Å². The maximum atomic E-state index is 11.8. The number of hydrogen-bond donors (Lipinski definition) is 0. The molecule has 4 aliphatic carbocycles. The fourth-order valence-electron chi connectivity index (χ4n) is 22.2. The molecular weight excluding hydrogens is 1270 g/mol. The fraction of sp³-hybridized carbons (Fsp3) is 0.516. The van der Waals surface area contributed by atoms with Crippen LogP contribution in [-0.2, 0) is 64.3 Å². The van der Waals surface area contributed by atoms with Gasteiger partial charge < -0.3 is 16.4 Å². The molecule has 6 aromatic carbocycles. The summed E-state index contributed by atoms with van der Waals surface area (Å²) >= 11 is 0. The summed E-state index contributed by atoms with van der Waals surface area (Å²) in [6, 6.07) is 38.8. The zero-order valence-electron chi connectivity index (χ0n) is 66.9. The summed E-state index contributed by atoms with van der Waals surface area (Å²) in [7, 11) is -4.32. The van der Waals surface area contributed by atoms with Gasteiger partial charge in [0.15, 0.2) is 5.71 Å². The SMILES string of the molecule is [CH2-]CCCN1/C(=C/C=C/C=C/C=C/C2=[N+](CCCCS(=O)(=O)[O-])c3ccc(-c4ccc(-c5c6c(cc7c5C(C)(C)CC7(CC)CC)C(CC)(CC)CC6(C)C)cc4)cc3C2(C)C)C(C)(C)c2cc(-c3ccc(-c4c5c(cc6c4C(C)(C)CC6(CC)CC)C(CC)(CC)CC5(C)C)cc3)ccc21.[Na+]. The molecule has 0 amide bonds. The van der Waals surface area contributed by atoms with E-state index in [1.165, 1.54) is 118 Å². The molecule has 0 saturated carbocycles. The standard InChI is InChI=1S/C95H124N2O3S.Na/c1-22-31-53-96-76-51-49-68(64-41-45-66(46-42-64)80-82-72(92(23-2,24-3)60-86(82,10)11)58-73-83(80)87(12,13)61-93(73,25-4)26-5)56-70(76)90(18,19)78(96)39-35-33-32-34-36-40-79-91(20,21)71-57-69(50-52-77(71)97(79)54-37-38-55-101(98,99)100)65-43-47-67(48-44-65)81-84-74(94(27-6,28-7)62-88(84,14)15)59-75-85(81)89(16,17)63-95(75,29-8)30-9;/h32-36,39-52,56-59H,1,22-31,37-38,53-55,60-63H2,2-21H3,(H,98,99,100);/q;+1/p-1. The average molecular weight is 1400 g/mol. The van der Waals surface area contributed by atoms with Crippen LogP contribution in [0.1, 0.15) is 297 Å². The first-order valence-corrected chi connectivity index (χ1v) is 41.1. The van der Waals surface area contributed by atoms with Crippen LogP contribution >= 0.6 is 0 Å². The van der Waals surface area contributed by atoms with Gasteiger partial charge in [-0.25, -0.2) is 8.42 Å². The van der Waals surface area contributed by atoms with E-state index in [1.807, 2.05) is 0 Å². The molecule has 2 heterocycles. The van der Waals surface area contributed by atoms with Crippen molar-refractivity contribution in [2.24, 2.45) is 0 Å². The number of rotatable bonds is 24. The number of unbranched alkanes of at least 4 members (excludes halogenated alkanes) is 2. The first-order chi connectivity index (χ1) is 47.6. The summed E-state index contributed by atoms with van der Waals surface area (Å²) in [5.74, 6) is -0.359. The summed E-state index contributed by atoms with van der Waals surface area (Å²) in [6.07, 6.45) is 32.1. The second-order valence-corrected chi connectivity index (χ2v) is 37.3. The van der Waals surface area contributed by atoms with E-state index >= 15 is 0 Å². The van der Waals surface area contributed by atoms with E-state index in [4.69, 9.17) is 0 Å². The van der Waals surface area contributed by atoms with Gasteiger partial charge in [0.05, 0.1) is 15.5 Å². The first kappa shape index (κ1) is 77.8. The van der Waals surface area contributed by atoms with E-state index in [1.54, 1.807) is 44.5 Å². The van der Waals surface area contributed by atoms with E-state index in [9.17, 15) is 13.0 Å². The van der Waals surface area contributed by atoms with Crippen molar-refractivity contribution in [2.75, 3.05) is 23.7 Å². The number of anilines is 1. The minimum atomic E-state index is -4.32. The minimum absolute atomic E-state index is 0. The summed E-state index contributed by atoms with van der Waals surface area (Å²) < 4.78 is 37.8. The van der Waals surface area contributed by atoms with Crippen molar-refractivity contribution in [1.82, 2.24) is 0 Å². The third-order valence-corrected chi connectivity index (χ3v) is 28.4. The topological polar surface area (TPSA) is 63.5 Å². The van der Waals surface area contributed by atoms with Crippen molar-refractivity contribution in [2.45, 2.75) is 295 Å². The van der Waals surface area contributed by atoms with Gasteiger partial charge in [-0.3, -0.25) is 0 Å². The molecular formula is C95H123N2NaO3S. The number of allylic oxidation sites excluding steroid dienone is 8. The molecule has 6 aromatic rings. The van der Waals surface area contributed by atoms with E-state index in [2.05, 4.69) is 294 Å². The Labute approximate surface area is 640 Å². The minimum Gasteiger partial charge on any atom is -0.748 e. The quantitative estimate of drug-likeness (QED) is 0.0151. The molecule has 0 spiro atoms. The largest absolute Gasteiger partial charge is 1.00 e. The molecule has 0 N–H and O–H groups in total. The number of benzene rings is 6. The third-order valence-electron chi connectivity index (χ3n) is 27.6. The predicted molar refractivity (Wildman–Crippen MR) is 431 cm³/mol. The van der Waals surface area contributed by atoms with Gasteiger partial charge in [-0.2, -0.15) is 11.0 Å². The normalized spacial score (nSPS) is 20.9. The molecule has 0 radical (unpaired) electrons. The fourth-order valence-corrected chi connectivity index (χ4v) is 22.8. The van der Waals surface area contributed by atoms with Gasteiger partial charge in [-0.15, -0.1) is 0 Å². The Morgan fingerprint density at radius 2 is 0.814 bits per heavy atom. The summed E-state index contributed by atoms with van der Waals surface area (Å²) in [4.78, 5) is 2.53. The van der Waals surface area contributed by atoms with Crippen LogP contribution in [-0.4, -0.2) is 42.1 Å². The summed E-state index contributed by atoms with van der Waals surface area (Å²) in [5, 5.41) is 0. The van der Waals surface area contributed by atoms with Crippen molar-refractivity contribution >= 4 is 27.2 Å². The molecule has 5 nitrogen and oxygen atoms in total. The van der Waals surface area contributed by atoms with Crippen molar-refractivity contribution in [3.05, 3.63) is 208 Å². The van der Waals surface area contributed by atoms with E-state index < -0.39 is 10.1 Å². The van der Waals surface area contributed by atoms with Crippen molar-refractivity contribution in [1.29, 1.82) is 0 Å². The Bertz CT molecular complexity index is 4350. The molecule has 2 aliphatic heterocycles. The predicted octanol–water partition coefficient (Wildman–Crippen LogP) is 22.0. The Hall–Kier alpha value is -5.34. The number of fused-ring (bicyclic) bond motifs is 6. The average Bonchev–Trinajstić information content (AvgIpc) is 1.52. The van der Waals surface area contributed by atoms with Crippen LogP contribution in [0, 0.1) is 6.92 Å². The van der Waals surface area contributed by atoms with Gasteiger partial charge >= 0.3 is 29.6 Å². The van der Waals surface area contributed by atoms with Crippen molar-refractivity contribution in [3.63, 3.8) is 0 Å². The summed E-state index contributed by atoms with van der Waals surface area (Å²) in [6.45, 7) is 54.7. The van der Waals surface area contributed by atoms with Crippen LogP contribution in [0.3, 0.4) is 0 Å². The van der Waals surface area contributed by atoms with Gasteiger partial charge in [0.1, 0.15) is 6.54 Å². The molecule has 6 aliphatic rings. The molecule has 538 valence electrons. The number of nitrogens with zero attached hydrogens (tertiary/aromatic N) is 2. The molecule has 7 heteroatoms. The van der Waals surface area contributed by atoms with Crippen LogP contribution in [0.4, 0.5) is 11.4 Å². The first-order valence-electron chi connectivity index (χ1n) is 39.5. The molecule has 0 unspecified atom stereocenters. The molecule has 0 atom stereocenters. The third kappa shape index (κ3) is 12.8. The van der Waals surface area contributed by atoms with Gasteiger partial charge in [0, 0.05) is 53.2 Å². The second-order valence-electron chi connectivity index (χ2n) is 35.8. The monoisotopic (exact) mass is 1390 g/mol. The van der Waals surface area contributed by atoms with Crippen LogP contribution in [0.15, 0.2) is 145 Å². The van der Waals surface area contributed by atoms with Gasteiger partial charge in [0.25, 0.3) is 0 Å². The maximum Gasteiger partial charge on any atom is 1.00 e. The van der Waals surface area contributed by atoms with E-state index in [-0.39, 0.29) is 89.5 Å². The van der Waals surface area contributed by atoms with E-state index in [0.717, 1.165) is 56.5 Å². The Balaban J connectivity index is 0.0000105. The Morgan fingerprint density at radius 1 is 0.441 bits per heavy atom. The van der Waals surface area contributed by atoms with Crippen LogP contribution in [0.5, 0.6) is 0 Å². The van der Waals surface area contributed by atoms with Gasteiger partial charge in [-0.1, -0.05) is 228 Å². The summed E-state index contributed by atoms with van der Waals surface area (Å²) in [5.41, 5.74) is 31.3. The Kier molecular flexibility index (Phi) is 21.4. The van der Waals surface area contributed by atoms with Crippen LogP contribution in [0.25, 0.3) is 44.5 Å². The van der Waals surface area contributed by atoms with Crippen LogP contribution in [0.2, 0.25) is 0 Å². The number of hydrogen-bond acceptors (Lipinski definition) is 4. The second kappa shape index (κ2) is 28.1. The van der Waals surface area contributed by atoms with Crippen LogP contribution < -0.4 is 34.5 Å². The molecule has 0 aromatic heterocycles. The zero-order chi connectivity index (χ0) is 73.1. The Morgan fingerprint density at radius 3 is 1.22 bits per heavy atom. The molecule has 0 fully saturated rings. The zero-order valence-corrected chi connectivity index (χ0v) is 69.8.